The SMILES string of the molecule is CCC/C(=N/NC(=O)c1cc(-c2ccc(OC)cc2OC)nc2ccccc12)c1ccc(C)s1. The van der Waals surface area contributed by atoms with Crippen molar-refractivity contribution < 1.29 is 14.3 Å². The topological polar surface area (TPSA) is 72.8 Å². The highest BCUT2D eigenvalue weighted by molar-refractivity contribution is 7.14. The predicted octanol–water partition coefficient (Wildman–Crippen LogP) is 6.22. The first-order valence-electron chi connectivity index (χ1n) is 11.1. The molecule has 1 amide bonds. The number of nitrogens with one attached hydrogen (secondary N) is 1. The van der Waals surface area contributed by atoms with E-state index in [-0.39, 0.29) is 5.91 Å². The van der Waals surface area contributed by atoms with Gasteiger partial charge in [-0.15, -0.1) is 11.3 Å². The second-order valence-electron chi connectivity index (χ2n) is 7.80. The van der Waals surface area contributed by atoms with Crippen LogP contribution in [-0.2, 0) is 0 Å². The van der Waals surface area contributed by atoms with Gasteiger partial charge in [-0.2, -0.15) is 5.10 Å². The van der Waals surface area contributed by atoms with E-state index in [1.807, 2.05) is 36.4 Å². The Morgan fingerprint density at radius 2 is 1.88 bits per heavy atom. The summed E-state index contributed by atoms with van der Waals surface area (Å²) in [6.07, 6.45) is 1.72. The molecular formula is C27H27N3O3S. The molecule has 2 heterocycles. The number of benzene rings is 2. The largest absolute Gasteiger partial charge is 0.497 e. The van der Waals surface area contributed by atoms with E-state index in [2.05, 4.69) is 36.5 Å². The summed E-state index contributed by atoms with van der Waals surface area (Å²) < 4.78 is 10.9. The van der Waals surface area contributed by atoms with Gasteiger partial charge >= 0.3 is 0 Å². The number of pyridine rings is 1. The van der Waals surface area contributed by atoms with Gasteiger partial charge in [0.05, 0.1) is 41.6 Å². The molecular weight excluding hydrogens is 446 g/mol. The number of rotatable bonds is 8. The van der Waals surface area contributed by atoms with Gasteiger partial charge in [0.1, 0.15) is 11.5 Å². The Morgan fingerprint density at radius 1 is 1.06 bits per heavy atom. The van der Waals surface area contributed by atoms with E-state index in [4.69, 9.17) is 14.5 Å². The number of aryl methyl sites for hydroxylation is 1. The summed E-state index contributed by atoms with van der Waals surface area (Å²) in [5.74, 6) is 1.01. The maximum atomic E-state index is 13.3. The number of carbonyl (C=O) groups is 1. The van der Waals surface area contributed by atoms with E-state index in [0.29, 0.717) is 22.8 Å². The van der Waals surface area contributed by atoms with Crippen LogP contribution in [0, 0.1) is 6.92 Å². The van der Waals surface area contributed by atoms with Crippen LogP contribution in [-0.4, -0.2) is 30.8 Å². The molecule has 0 aliphatic heterocycles. The molecule has 0 spiro atoms. The maximum absolute atomic E-state index is 13.3. The number of fused-ring (bicyclic) bond motifs is 1. The maximum Gasteiger partial charge on any atom is 0.272 e. The van der Waals surface area contributed by atoms with Crippen LogP contribution in [0.4, 0.5) is 0 Å². The molecule has 0 aliphatic carbocycles. The van der Waals surface area contributed by atoms with Crippen molar-refractivity contribution in [3.8, 4) is 22.8 Å². The normalized spacial score (nSPS) is 11.5. The summed E-state index contributed by atoms with van der Waals surface area (Å²) in [4.78, 5) is 20.4. The van der Waals surface area contributed by atoms with Crippen molar-refractivity contribution in [2.24, 2.45) is 5.10 Å². The summed E-state index contributed by atoms with van der Waals surface area (Å²) in [6, 6.07) is 19.0. The molecule has 174 valence electrons. The first-order valence-corrected chi connectivity index (χ1v) is 11.9. The van der Waals surface area contributed by atoms with Crippen LogP contribution < -0.4 is 14.9 Å². The van der Waals surface area contributed by atoms with Crippen LogP contribution >= 0.6 is 11.3 Å². The molecule has 6 nitrogen and oxygen atoms in total. The average Bonchev–Trinajstić information content (AvgIpc) is 3.31. The molecule has 0 bridgehead atoms. The van der Waals surface area contributed by atoms with E-state index >= 15 is 0 Å². The second kappa shape index (κ2) is 10.5. The van der Waals surface area contributed by atoms with Crippen molar-refractivity contribution in [2.45, 2.75) is 26.7 Å². The van der Waals surface area contributed by atoms with Crippen molar-refractivity contribution in [1.29, 1.82) is 0 Å². The molecule has 2 aromatic carbocycles. The number of carbonyl (C=O) groups excluding carboxylic acids is 1. The van der Waals surface area contributed by atoms with Crippen molar-refractivity contribution in [3.63, 3.8) is 0 Å². The number of methoxy groups -OCH3 is 2. The van der Waals surface area contributed by atoms with E-state index < -0.39 is 0 Å². The Kier molecular flexibility index (Phi) is 7.23. The van der Waals surface area contributed by atoms with Crippen LogP contribution in [0.5, 0.6) is 11.5 Å². The molecule has 0 fully saturated rings. The van der Waals surface area contributed by atoms with E-state index in [1.165, 1.54) is 4.88 Å². The van der Waals surface area contributed by atoms with Crippen LogP contribution in [0.3, 0.4) is 0 Å². The van der Waals surface area contributed by atoms with Crippen LogP contribution in [0.25, 0.3) is 22.2 Å². The molecule has 0 atom stereocenters. The Hall–Kier alpha value is -3.71. The predicted molar refractivity (Wildman–Crippen MR) is 138 cm³/mol. The number of hydrogen-bond donors (Lipinski definition) is 1. The molecule has 7 heteroatoms. The highest BCUT2D eigenvalue weighted by atomic mass is 32.1. The minimum absolute atomic E-state index is 0.283. The van der Waals surface area contributed by atoms with Crippen LogP contribution in [0.15, 0.2) is 65.8 Å². The van der Waals surface area contributed by atoms with Gasteiger partial charge in [0.25, 0.3) is 5.91 Å². The Labute approximate surface area is 203 Å². The first kappa shape index (κ1) is 23.4. The third-order valence-corrected chi connectivity index (χ3v) is 6.50. The monoisotopic (exact) mass is 473 g/mol. The quantitative estimate of drug-likeness (QED) is 0.243. The fraction of sp³-hybridized carbons (Fsp3) is 0.222. The zero-order valence-electron chi connectivity index (χ0n) is 19.7. The molecule has 0 saturated carbocycles. The van der Waals surface area contributed by atoms with Gasteiger partial charge < -0.3 is 9.47 Å². The molecule has 4 rings (SSSR count). The number of hydrazone groups is 1. The second-order valence-corrected chi connectivity index (χ2v) is 9.09. The lowest BCUT2D eigenvalue weighted by Gasteiger charge is -2.13. The number of aromatic nitrogens is 1. The van der Waals surface area contributed by atoms with Gasteiger partial charge in [0.15, 0.2) is 0 Å². The van der Waals surface area contributed by atoms with Crippen molar-refractivity contribution in [2.75, 3.05) is 14.2 Å². The number of thiophene rings is 1. The molecule has 4 aromatic rings. The summed E-state index contributed by atoms with van der Waals surface area (Å²) in [5.41, 5.74) is 6.29. The molecule has 0 unspecified atom stereocenters. The lowest BCUT2D eigenvalue weighted by atomic mass is 10.0. The molecule has 1 N–H and O–H groups in total. The van der Waals surface area contributed by atoms with Gasteiger partial charge in [0.2, 0.25) is 0 Å². The minimum atomic E-state index is -0.283. The van der Waals surface area contributed by atoms with E-state index in [0.717, 1.165) is 39.9 Å². The van der Waals surface area contributed by atoms with Gasteiger partial charge in [-0.25, -0.2) is 10.4 Å². The fourth-order valence-corrected chi connectivity index (χ4v) is 4.64. The lowest BCUT2D eigenvalue weighted by molar-refractivity contribution is 0.0956. The first-order chi connectivity index (χ1) is 16.5. The molecule has 2 aromatic heterocycles. The van der Waals surface area contributed by atoms with Gasteiger partial charge in [-0.3, -0.25) is 4.79 Å². The summed E-state index contributed by atoms with van der Waals surface area (Å²) in [5, 5.41) is 5.26. The fourth-order valence-electron chi connectivity index (χ4n) is 3.75. The number of para-hydroxylation sites is 1. The standard InChI is InChI=1S/C27H27N3O3S/c1-5-8-23(26-14-11-17(2)34-26)29-30-27(31)21-16-24(28-22-10-7-6-9-19(21)22)20-13-12-18(32-3)15-25(20)33-4/h6-7,9-16H,5,8H2,1-4H3,(H,30,31)/b29-23-. The highest BCUT2D eigenvalue weighted by Crippen LogP contribution is 2.34. The number of nitrogens with zero attached hydrogens (tertiary/aromatic N) is 2. The smallest absolute Gasteiger partial charge is 0.272 e. The zero-order chi connectivity index (χ0) is 24.1. The van der Waals surface area contributed by atoms with Gasteiger partial charge in [-0.05, 0) is 49.7 Å². The third-order valence-electron chi connectivity index (χ3n) is 5.45. The summed E-state index contributed by atoms with van der Waals surface area (Å²) in [6.45, 7) is 4.16. The van der Waals surface area contributed by atoms with Gasteiger partial charge in [0, 0.05) is 21.9 Å². The molecule has 34 heavy (non-hydrogen) atoms. The number of amides is 1. The lowest BCUT2D eigenvalue weighted by Crippen LogP contribution is -2.20. The number of hydrogen-bond acceptors (Lipinski definition) is 6. The Balaban J connectivity index is 1.75. The zero-order valence-corrected chi connectivity index (χ0v) is 20.5. The Morgan fingerprint density at radius 3 is 2.59 bits per heavy atom. The highest BCUT2D eigenvalue weighted by Gasteiger charge is 2.17. The van der Waals surface area contributed by atoms with Crippen LogP contribution in [0.2, 0.25) is 0 Å². The molecule has 0 saturated heterocycles. The number of ether oxygens (including phenoxy) is 2. The van der Waals surface area contributed by atoms with Crippen molar-refractivity contribution in [1.82, 2.24) is 10.4 Å². The van der Waals surface area contributed by atoms with E-state index in [1.54, 1.807) is 37.7 Å². The minimum Gasteiger partial charge on any atom is -0.497 e. The van der Waals surface area contributed by atoms with Crippen molar-refractivity contribution >= 4 is 33.9 Å². The van der Waals surface area contributed by atoms with E-state index in [9.17, 15) is 4.79 Å². The van der Waals surface area contributed by atoms with Gasteiger partial charge in [-0.1, -0.05) is 31.5 Å². The summed E-state index contributed by atoms with van der Waals surface area (Å²) in [7, 11) is 3.21. The van der Waals surface area contributed by atoms with Crippen LogP contribution in [0.1, 0.15) is 39.9 Å². The van der Waals surface area contributed by atoms with Crippen molar-refractivity contribution in [3.05, 3.63) is 76.0 Å². The Bertz CT molecular complexity index is 1360. The third kappa shape index (κ3) is 4.94. The average molecular weight is 474 g/mol. The molecule has 0 radical (unpaired) electrons. The molecule has 0 aliphatic rings. The summed E-state index contributed by atoms with van der Waals surface area (Å²) >= 11 is 1.68.